The number of ether oxygens (including phenoxy) is 2. The maximum atomic E-state index is 11.8. The molecule has 0 aromatic carbocycles. The van der Waals surface area contributed by atoms with Crippen molar-refractivity contribution in [1.29, 1.82) is 0 Å². The number of rotatable bonds is 2. The molecule has 192 valence electrons. The highest BCUT2D eigenvalue weighted by Gasteiger charge is 2.43. The third-order valence-electron chi connectivity index (χ3n) is 5.24. The van der Waals surface area contributed by atoms with Crippen molar-refractivity contribution in [3.05, 3.63) is 4.91 Å². The van der Waals surface area contributed by atoms with Crippen molar-refractivity contribution in [2.75, 3.05) is 26.2 Å². The minimum absolute atomic E-state index is 0. The number of nitroso groups, excluding NO2 is 1. The van der Waals surface area contributed by atoms with Crippen molar-refractivity contribution in [1.82, 2.24) is 9.80 Å². The molecule has 2 fully saturated rings. The van der Waals surface area contributed by atoms with Crippen molar-refractivity contribution < 1.29 is 39.6 Å². The number of nitrogens with zero attached hydrogens (tertiary/aromatic N) is 2. The molecule has 0 aliphatic carbocycles. The normalized spacial score (nSPS) is 19.3. The molecule has 2 amide bonds. The summed E-state index contributed by atoms with van der Waals surface area (Å²) in [6, 6.07) is -0.529. The fraction of sp³-hybridized carbons (Fsp3) is 0.864. The van der Waals surface area contributed by atoms with Gasteiger partial charge in [0.15, 0.2) is 0 Å². The lowest BCUT2D eigenvalue weighted by Gasteiger charge is -2.37. The molecule has 0 bridgehead atoms. The molecule has 11 heteroatoms. The maximum absolute atomic E-state index is 11.8. The van der Waals surface area contributed by atoms with E-state index >= 15 is 0 Å². The van der Waals surface area contributed by atoms with Gasteiger partial charge in [0.1, 0.15) is 22.6 Å². The first kappa shape index (κ1) is 30.7. The zero-order valence-corrected chi connectivity index (χ0v) is 21.0. The number of hydrogen-bond donors (Lipinski definition) is 2. The van der Waals surface area contributed by atoms with Gasteiger partial charge in [-0.15, -0.1) is 0 Å². The van der Waals surface area contributed by atoms with Crippen molar-refractivity contribution >= 4 is 18.0 Å². The Morgan fingerprint density at radius 2 is 1.27 bits per heavy atom. The SMILES string of the molecule is CC(C)(C)OC(=O)N1CCC(=O)CC1.CC([NH+]=O)C1(O)CCN(C(=O)OC(C)(C)C)CC1.[OH-]. The summed E-state index contributed by atoms with van der Waals surface area (Å²) in [6.07, 6.45) is 0.987. The smallest absolute Gasteiger partial charge is 0.410 e. The molecular weight excluding hydrogens is 434 g/mol. The average molecular weight is 476 g/mol. The van der Waals surface area contributed by atoms with Gasteiger partial charge in [0.25, 0.3) is 0 Å². The minimum atomic E-state index is -1.04. The molecule has 33 heavy (non-hydrogen) atoms. The summed E-state index contributed by atoms with van der Waals surface area (Å²) in [6.45, 7) is 14.4. The first-order valence-electron chi connectivity index (χ1n) is 11.1. The first-order valence-corrected chi connectivity index (χ1v) is 11.1. The van der Waals surface area contributed by atoms with Gasteiger partial charge in [0.2, 0.25) is 6.04 Å². The van der Waals surface area contributed by atoms with Crippen LogP contribution in [0.4, 0.5) is 9.59 Å². The molecule has 11 nitrogen and oxygen atoms in total. The zero-order chi connectivity index (χ0) is 24.7. The van der Waals surface area contributed by atoms with Crippen LogP contribution in [0.15, 0.2) is 0 Å². The van der Waals surface area contributed by atoms with Gasteiger partial charge in [0.05, 0.1) is 0 Å². The number of carbonyl (C=O) groups is 3. The van der Waals surface area contributed by atoms with Gasteiger partial charge in [-0.2, -0.15) is 0 Å². The molecule has 0 aromatic rings. The van der Waals surface area contributed by atoms with Gasteiger partial charge in [-0.3, -0.25) is 4.79 Å². The van der Waals surface area contributed by atoms with Gasteiger partial charge in [0, 0.05) is 63.7 Å². The van der Waals surface area contributed by atoms with E-state index in [-0.39, 0.29) is 23.4 Å². The Balaban J connectivity index is 0.000000620. The number of Topliss-reactive ketones (excluding diaryl/α,β-unsaturated/α-hetero) is 1. The number of aliphatic hydroxyl groups is 1. The van der Waals surface area contributed by atoms with Crippen molar-refractivity contribution in [3.63, 3.8) is 0 Å². The van der Waals surface area contributed by atoms with Gasteiger partial charge >= 0.3 is 12.2 Å². The first-order chi connectivity index (χ1) is 14.6. The molecule has 1 unspecified atom stereocenters. The lowest BCUT2D eigenvalue weighted by molar-refractivity contribution is -0.546. The maximum Gasteiger partial charge on any atom is 0.410 e. The number of nitrogens with one attached hydrogen (secondary N) is 1. The highest BCUT2D eigenvalue weighted by Crippen LogP contribution is 2.25. The lowest BCUT2D eigenvalue weighted by atomic mass is 9.86. The van der Waals surface area contributed by atoms with Crippen LogP contribution >= 0.6 is 0 Å². The Bertz CT molecular complexity index is 666. The Kier molecular flexibility index (Phi) is 11.4. The molecule has 1 atom stereocenters. The fourth-order valence-corrected chi connectivity index (χ4v) is 3.21. The van der Waals surface area contributed by atoms with Crippen molar-refractivity contribution in [2.45, 2.75) is 97.0 Å². The van der Waals surface area contributed by atoms with E-state index in [9.17, 15) is 24.4 Å². The van der Waals surface area contributed by atoms with Crippen LogP contribution in [-0.4, -0.2) is 87.4 Å². The van der Waals surface area contributed by atoms with Crippen LogP contribution in [0.25, 0.3) is 0 Å². The monoisotopic (exact) mass is 475 g/mol. The average Bonchev–Trinajstić information content (AvgIpc) is 2.66. The lowest BCUT2D eigenvalue weighted by Crippen LogP contribution is -2.79. The summed E-state index contributed by atoms with van der Waals surface area (Å²) in [5.41, 5.74) is -2.02. The highest BCUT2D eigenvalue weighted by atomic mass is 16.6. The molecule has 0 aromatic heterocycles. The number of hydrogen-bond acceptors (Lipinski definition) is 8. The van der Waals surface area contributed by atoms with Gasteiger partial charge in [-0.1, -0.05) is 0 Å². The van der Waals surface area contributed by atoms with Crippen LogP contribution in [0.2, 0.25) is 0 Å². The van der Waals surface area contributed by atoms with E-state index < -0.39 is 22.8 Å². The molecule has 2 aliphatic heterocycles. The third kappa shape index (κ3) is 10.9. The van der Waals surface area contributed by atoms with E-state index in [2.05, 4.69) is 0 Å². The number of piperidine rings is 2. The minimum Gasteiger partial charge on any atom is -0.870 e. The summed E-state index contributed by atoms with van der Waals surface area (Å²) in [4.78, 5) is 48.0. The van der Waals surface area contributed by atoms with Crippen LogP contribution < -0.4 is 5.18 Å². The van der Waals surface area contributed by atoms with Gasteiger partial charge < -0.3 is 29.9 Å². The highest BCUT2D eigenvalue weighted by molar-refractivity contribution is 5.81. The predicted molar refractivity (Wildman–Crippen MR) is 120 cm³/mol. The summed E-state index contributed by atoms with van der Waals surface area (Å²) >= 11 is 0. The standard InChI is InChI=1S/C12H22N2O4.C10H17NO3.H2O/c1-9(13-17)12(16)5-7-14(8-6-12)10(15)18-11(2,3)4;1-10(2,3)14-9(13)11-6-4-8(12)5-7-11;/h9,16H,5-8H2,1-4H3;4-7H2,1-3H3;1H2. The van der Waals surface area contributed by atoms with Crippen LogP contribution in [-0.2, 0) is 14.3 Å². The van der Waals surface area contributed by atoms with Gasteiger partial charge in [-0.25, -0.2) is 9.59 Å². The van der Waals surface area contributed by atoms with Crippen LogP contribution in [0, 0.1) is 4.91 Å². The molecule has 3 N–H and O–H groups in total. The molecule has 2 heterocycles. The van der Waals surface area contributed by atoms with Crippen molar-refractivity contribution in [2.24, 2.45) is 0 Å². The third-order valence-corrected chi connectivity index (χ3v) is 5.24. The Morgan fingerprint density at radius 3 is 1.61 bits per heavy atom. The molecule has 2 aliphatic rings. The largest absolute Gasteiger partial charge is 0.870 e. The summed E-state index contributed by atoms with van der Waals surface area (Å²) in [5.74, 6) is 0.227. The van der Waals surface area contributed by atoms with Gasteiger partial charge in [-0.05, 0) is 46.7 Å². The van der Waals surface area contributed by atoms with Crippen molar-refractivity contribution in [3.8, 4) is 0 Å². The van der Waals surface area contributed by atoms with E-state index in [1.807, 2.05) is 46.7 Å². The van der Waals surface area contributed by atoms with Crippen LogP contribution in [0.3, 0.4) is 0 Å². The Labute approximate surface area is 196 Å². The topological polar surface area (TPSA) is 157 Å². The van der Waals surface area contributed by atoms with E-state index in [0.717, 1.165) is 0 Å². The number of ketones is 1. The van der Waals surface area contributed by atoms with E-state index in [1.54, 1.807) is 16.7 Å². The predicted octanol–water partition coefficient (Wildman–Crippen LogP) is 1.39. The molecule has 2 rings (SSSR count). The zero-order valence-electron chi connectivity index (χ0n) is 21.0. The molecule has 0 saturated carbocycles. The van der Waals surface area contributed by atoms with E-state index in [1.165, 1.54) is 0 Å². The van der Waals surface area contributed by atoms with Crippen LogP contribution in [0.5, 0.6) is 0 Å². The Hall–Kier alpha value is -2.27. The van der Waals surface area contributed by atoms with Crippen LogP contribution in [0.1, 0.15) is 74.1 Å². The fourth-order valence-electron chi connectivity index (χ4n) is 3.21. The second-order valence-electron chi connectivity index (χ2n) is 10.4. The Morgan fingerprint density at radius 1 is 0.909 bits per heavy atom. The van der Waals surface area contributed by atoms with E-state index in [4.69, 9.17) is 9.47 Å². The quantitative estimate of drug-likeness (QED) is 0.606. The molecule has 2 saturated heterocycles. The summed E-state index contributed by atoms with van der Waals surface area (Å²) < 4.78 is 10.4. The summed E-state index contributed by atoms with van der Waals surface area (Å²) in [7, 11) is 0. The van der Waals surface area contributed by atoms with E-state index in [0.29, 0.717) is 51.9 Å². The second-order valence-corrected chi connectivity index (χ2v) is 10.4. The summed E-state index contributed by atoms with van der Waals surface area (Å²) in [5, 5.41) is 12.1. The molecular formula is C22H41N3O8. The molecule has 0 spiro atoms. The molecule has 0 radical (unpaired) electrons. The second kappa shape index (κ2) is 12.3. The number of carbonyl (C=O) groups excluding carboxylic acids is 3. The number of likely N-dealkylation sites (tertiary alicyclic amines) is 2. The number of amides is 2.